The largest absolute Gasteiger partial charge is 0.396 e. The first-order valence-electron chi connectivity index (χ1n) is 8.40. The van der Waals surface area contributed by atoms with Crippen molar-refractivity contribution in [1.29, 1.82) is 0 Å². The van der Waals surface area contributed by atoms with Crippen LogP contribution in [0.3, 0.4) is 0 Å². The molecule has 128 valence electrons. The van der Waals surface area contributed by atoms with Crippen LogP contribution in [0, 0.1) is 0 Å². The molecule has 0 bridgehead atoms. The fourth-order valence-electron chi connectivity index (χ4n) is 2.92. The van der Waals surface area contributed by atoms with Crippen LogP contribution in [0.4, 0.5) is 11.8 Å². The third-order valence-corrected chi connectivity index (χ3v) is 4.31. The lowest BCUT2D eigenvalue weighted by Gasteiger charge is -2.30. The Hall–Kier alpha value is -2.18. The van der Waals surface area contributed by atoms with Crippen LogP contribution >= 0.6 is 0 Å². The third kappa shape index (κ3) is 3.83. The number of fused-ring (bicyclic) bond motifs is 1. The molecule has 3 rings (SSSR count). The minimum atomic E-state index is -0.428. The zero-order chi connectivity index (χ0) is 16.9. The molecule has 0 aliphatic carbocycles. The Morgan fingerprint density at radius 3 is 2.96 bits per heavy atom. The normalized spacial score (nSPS) is 15.0. The molecule has 1 aromatic carbocycles. The van der Waals surface area contributed by atoms with Crippen molar-refractivity contribution >= 4 is 11.8 Å². The van der Waals surface area contributed by atoms with Gasteiger partial charge in [-0.05, 0) is 42.5 Å². The number of anilines is 2. The first kappa shape index (κ1) is 16.7. The van der Waals surface area contributed by atoms with Crippen molar-refractivity contribution in [3.05, 3.63) is 47.2 Å². The second kappa shape index (κ2) is 7.59. The minimum absolute atomic E-state index is 0.157. The molecule has 1 aliphatic heterocycles. The monoisotopic (exact) mass is 328 g/mol. The van der Waals surface area contributed by atoms with Crippen LogP contribution < -0.4 is 10.2 Å². The van der Waals surface area contributed by atoms with Crippen LogP contribution in [0.2, 0.25) is 0 Å². The fourth-order valence-corrected chi connectivity index (χ4v) is 2.92. The summed E-state index contributed by atoms with van der Waals surface area (Å²) in [7, 11) is 0. The summed E-state index contributed by atoms with van der Waals surface area (Å²) in [5.74, 6) is 1.50. The molecule has 0 radical (unpaired) electrons. The highest BCUT2D eigenvalue weighted by atomic mass is 16.3. The Balaban J connectivity index is 1.72. The number of hydrogen-bond donors (Lipinski definition) is 3. The molecule has 0 spiro atoms. The third-order valence-electron chi connectivity index (χ3n) is 4.31. The van der Waals surface area contributed by atoms with Gasteiger partial charge in [0.15, 0.2) is 0 Å². The van der Waals surface area contributed by atoms with Crippen molar-refractivity contribution in [2.24, 2.45) is 0 Å². The van der Waals surface area contributed by atoms with Gasteiger partial charge in [-0.2, -0.15) is 4.98 Å². The molecule has 0 amide bonds. The van der Waals surface area contributed by atoms with Gasteiger partial charge in [-0.25, -0.2) is 4.98 Å². The molecule has 0 fully saturated rings. The zero-order valence-corrected chi connectivity index (χ0v) is 13.9. The van der Waals surface area contributed by atoms with Crippen LogP contribution in [-0.2, 0) is 13.0 Å². The predicted octanol–water partition coefficient (Wildman–Crippen LogP) is 1.89. The Morgan fingerprint density at radius 1 is 1.29 bits per heavy atom. The van der Waals surface area contributed by atoms with Gasteiger partial charge in [0.25, 0.3) is 0 Å². The Bertz CT molecular complexity index is 690. The maximum absolute atomic E-state index is 9.72. The standard InChI is InChI=1S/C18H24N4O2/c1-13(24)14-3-4-16-12-22(9-6-15(16)11-14)17-5-8-20-18(21-17)19-7-2-10-23/h3-5,8,11,13,23-24H,2,6-7,9-10,12H2,1H3,(H,19,20,21)/t13-/m1/s1. The minimum Gasteiger partial charge on any atom is -0.396 e. The van der Waals surface area contributed by atoms with Gasteiger partial charge < -0.3 is 20.4 Å². The molecule has 0 saturated heterocycles. The number of aliphatic hydroxyl groups is 2. The van der Waals surface area contributed by atoms with Crippen molar-refractivity contribution in [3.8, 4) is 0 Å². The molecular formula is C18H24N4O2. The van der Waals surface area contributed by atoms with E-state index in [1.165, 1.54) is 11.1 Å². The van der Waals surface area contributed by atoms with E-state index in [4.69, 9.17) is 5.11 Å². The first-order chi connectivity index (χ1) is 11.7. The maximum Gasteiger partial charge on any atom is 0.224 e. The van der Waals surface area contributed by atoms with E-state index in [9.17, 15) is 5.11 Å². The van der Waals surface area contributed by atoms with Crippen molar-refractivity contribution < 1.29 is 10.2 Å². The lowest BCUT2D eigenvalue weighted by molar-refractivity contribution is 0.199. The Labute approximate surface area is 142 Å². The smallest absolute Gasteiger partial charge is 0.224 e. The number of rotatable bonds is 6. The van der Waals surface area contributed by atoms with Crippen molar-refractivity contribution in [1.82, 2.24) is 9.97 Å². The SMILES string of the molecule is C[C@@H](O)c1ccc2c(c1)CCN(c1ccnc(NCCCO)n1)C2. The van der Waals surface area contributed by atoms with Crippen molar-refractivity contribution in [3.63, 3.8) is 0 Å². The number of nitrogens with zero attached hydrogens (tertiary/aromatic N) is 3. The summed E-state index contributed by atoms with van der Waals surface area (Å²) in [6.45, 7) is 4.31. The average molecular weight is 328 g/mol. The summed E-state index contributed by atoms with van der Waals surface area (Å²) in [4.78, 5) is 11.0. The summed E-state index contributed by atoms with van der Waals surface area (Å²) >= 11 is 0. The fraction of sp³-hybridized carbons (Fsp3) is 0.444. The molecule has 3 N–H and O–H groups in total. The molecule has 1 aromatic heterocycles. The highest BCUT2D eigenvalue weighted by Gasteiger charge is 2.18. The van der Waals surface area contributed by atoms with Crippen LogP contribution in [0.5, 0.6) is 0 Å². The van der Waals surface area contributed by atoms with Crippen molar-refractivity contribution in [2.75, 3.05) is 29.9 Å². The molecule has 6 nitrogen and oxygen atoms in total. The summed E-state index contributed by atoms with van der Waals surface area (Å²) in [5, 5.41) is 21.7. The number of aliphatic hydroxyl groups excluding tert-OH is 2. The van der Waals surface area contributed by atoms with Gasteiger partial charge in [-0.15, -0.1) is 0 Å². The molecule has 0 saturated carbocycles. The number of benzene rings is 1. The lowest BCUT2D eigenvalue weighted by Crippen LogP contribution is -2.31. The molecule has 2 aromatic rings. The van der Waals surface area contributed by atoms with Gasteiger partial charge in [-0.3, -0.25) is 0 Å². The zero-order valence-electron chi connectivity index (χ0n) is 13.9. The van der Waals surface area contributed by atoms with Crippen LogP contribution in [0.15, 0.2) is 30.5 Å². The summed E-state index contributed by atoms with van der Waals surface area (Å²) in [6, 6.07) is 8.13. The molecule has 6 heteroatoms. The van der Waals surface area contributed by atoms with E-state index < -0.39 is 6.10 Å². The Morgan fingerprint density at radius 2 is 2.17 bits per heavy atom. The van der Waals surface area contributed by atoms with E-state index in [0.29, 0.717) is 18.9 Å². The van der Waals surface area contributed by atoms with E-state index in [1.807, 2.05) is 12.1 Å². The van der Waals surface area contributed by atoms with E-state index in [1.54, 1.807) is 13.1 Å². The quantitative estimate of drug-likeness (QED) is 0.703. The molecule has 2 heterocycles. The lowest BCUT2D eigenvalue weighted by atomic mass is 9.96. The molecular weight excluding hydrogens is 304 g/mol. The summed E-state index contributed by atoms with van der Waals surface area (Å²) in [6.07, 6.45) is 2.95. The average Bonchev–Trinajstić information content (AvgIpc) is 2.61. The highest BCUT2D eigenvalue weighted by molar-refractivity contribution is 5.47. The van der Waals surface area contributed by atoms with Crippen LogP contribution in [0.25, 0.3) is 0 Å². The number of nitrogens with one attached hydrogen (secondary N) is 1. The number of aromatic nitrogens is 2. The van der Waals surface area contributed by atoms with Crippen LogP contribution in [-0.4, -0.2) is 39.9 Å². The van der Waals surface area contributed by atoms with Crippen molar-refractivity contribution in [2.45, 2.75) is 32.4 Å². The van der Waals surface area contributed by atoms with Gasteiger partial charge in [-0.1, -0.05) is 18.2 Å². The highest BCUT2D eigenvalue weighted by Crippen LogP contribution is 2.26. The van der Waals surface area contributed by atoms with Gasteiger partial charge in [0.2, 0.25) is 5.95 Å². The first-order valence-corrected chi connectivity index (χ1v) is 8.40. The van der Waals surface area contributed by atoms with E-state index in [2.05, 4.69) is 32.3 Å². The number of hydrogen-bond acceptors (Lipinski definition) is 6. The summed E-state index contributed by atoms with van der Waals surface area (Å²) in [5.41, 5.74) is 3.55. The maximum atomic E-state index is 9.72. The topological polar surface area (TPSA) is 81.5 Å². The molecule has 0 unspecified atom stereocenters. The molecule has 1 atom stereocenters. The van der Waals surface area contributed by atoms with Gasteiger partial charge in [0.1, 0.15) is 5.82 Å². The van der Waals surface area contributed by atoms with Gasteiger partial charge in [0, 0.05) is 32.4 Å². The van der Waals surface area contributed by atoms with E-state index >= 15 is 0 Å². The van der Waals surface area contributed by atoms with E-state index in [-0.39, 0.29) is 6.61 Å². The summed E-state index contributed by atoms with van der Waals surface area (Å²) < 4.78 is 0. The van der Waals surface area contributed by atoms with Crippen LogP contribution in [0.1, 0.15) is 36.1 Å². The van der Waals surface area contributed by atoms with Gasteiger partial charge >= 0.3 is 0 Å². The molecule has 24 heavy (non-hydrogen) atoms. The second-order valence-corrected chi connectivity index (χ2v) is 6.12. The predicted molar refractivity (Wildman–Crippen MR) is 94.1 cm³/mol. The van der Waals surface area contributed by atoms with Gasteiger partial charge in [0.05, 0.1) is 6.10 Å². The Kier molecular flexibility index (Phi) is 5.27. The molecule has 1 aliphatic rings. The second-order valence-electron chi connectivity index (χ2n) is 6.12. The van der Waals surface area contributed by atoms with E-state index in [0.717, 1.165) is 30.9 Å².